The Morgan fingerprint density at radius 3 is 2.43 bits per heavy atom. The largest absolute Gasteiger partial charge is 0.393 e. The van der Waals surface area contributed by atoms with E-state index in [4.69, 9.17) is 0 Å². The third kappa shape index (κ3) is 6.82. The molecule has 4 unspecified atom stereocenters. The van der Waals surface area contributed by atoms with Gasteiger partial charge in [0, 0.05) is 42.2 Å². The number of fused-ring (bicyclic) bond motifs is 9. The Bertz CT molecular complexity index is 2230. The number of aliphatic hydroxyl groups excluding tert-OH is 1. The smallest absolute Gasteiger partial charge is 0.326 e. The lowest BCUT2D eigenvalue weighted by molar-refractivity contribution is -0.0870. The lowest BCUT2D eigenvalue weighted by atomic mass is 9.64. The Labute approximate surface area is 318 Å². The number of hydrogen-bond acceptors (Lipinski definition) is 5. The van der Waals surface area contributed by atoms with Crippen molar-refractivity contribution < 1.29 is 15.0 Å². The zero-order chi connectivity index (χ0) is 37.5. The monoisotopic (exact) mass is 723 g/mol. The van der Waals surface area contributed by atoms with Crippen LogP contribution in [0.25, 0.3) is 22.2 Å². The minimum absolute atomic E-state index is 0.0176. The standard InChI is InChI=1S/C47H53N3O4/c1-32-11-10-25-46(2)41(22-26-47(46,54)31-49-27-23-35(24-28-49)50-43-17-9-8-16-42(43)48-45(50)53)38-21-19-33(29-36(51)20-18-32)30-40(38)44(52)39-15-7-6-14-37(39)34-12-4-3-5-13-34/h3-9,11-17,19,21,30,35-36,41,51,54H,10,18,20,22-29,31H2,1-2H3,(H,48,53). The summed E-state index contributed by atoms with van der Waals surface area (Å²) >= 11 is 0. The van der Waals surface area contributed by atoms with Crippen LogP contribution >= 0.6 is 0 Å². The minimum atomic E-state index is -0.974. The summed E-state index contributed by atoms with van der Waals surface area (Å²) in [6.45, 7) is 6.58. The Morgan fingerprint density at radius 2 is 1.61 bits per heavy atom. The molecule has 4 atom stereocenters. The number of aromatic amines is 1. The molecule has 280 valence electrons. The molecule has 54 heavy (non-hydrogen) atoms. The number of rotatable bonds is 6. The molecule has 0 amide bonds. The van der Waals surface area contributed by atoms with Crippen LogP contribution in [0.4, 0.5) is 0 Å². The lowest BCUT2D eigenvalue weighted by Gasteiger charge is -2.47. The van der Waals surface area contributed by atoms with Gasteiger partial charge in [0.25, 0.3) is 0 Å². The third-order valence-corrected chi connectivity index (χ3v) is 13.2. The Hall–Kier alpha value is -4.56. The van der Waals surface area contributed by atoms with E-state index in [1.165, 1.54) is 5.57 Å². The average Bonchev–Trinajstić information content (AvgIpc) is 3.65. The number of piperidine rings is 1. The predicted molar refractivity (Wildman–Crippen MR) is 216 cm³/mol. The van der Waals surface area contributed by atoms with Gasteiger partial charge < -0.3 is 20.1 Å². The number of imidazole rings is 1. The van der Waals surface area contributed by atoms with Crippen LogP contribution in [0.15, 0.2) is 114 Å². The maximum Gasteiger partial charge on any atom is 0.326 e. The van der Waals surface area contributed by atoms with Gasteiger partial charge in [0.15, 0.2) is 5.78 Å². The van der Waals surface area contributed by atoms with Gasteiger partial charge in [0.1, 0.15) is 0 Å². The summed E-state index contributed by atoms with van der Waals surface area (Å²) in [7, 11) is 0. The van der Waals surface area contributed by atoms with Gasteiger partial charge in [-0.2, -0.15) is 0 Å². The van der Waals surface area contributed by atoms with E-state index in [0.717, 1.165) is 84.9 Å². The van der Waals surface area contributed by atoms with Gasteiger partial charge in [-0.3, -0.25) is 9.36 Å². The van der Waals surface area contributed by atoms with Crippen LogP contribution in [-0.2, 0) is 6.42 Å². The van der Waals surface area contributed by atoms with Crippen molar-refractivity contribution in [2.45, 2.75) is 95.3 Å². The van der Waals surface area contributed by atoms with Crippen molar-refractivity contribution in [1.82, 2.24) is 14.5 Å². The van der Waals surface area contributed by atoms with Crippen molar-refractivity contribution >= 4 is 16.8 Å². The molecular formula is C47H53N3O4. The zero-order valence-corrected chi connectivity index (χ0v) is 31.6. The quantitative estimate of drug-likeness (QED) is 0.120. The van der Waals surface area contributed by atoms with Gasteiger partial charge >= 0.3 is 5.69 Å². The van der Waals surface area contributed by atoms with Gasteiger partial charge in [0.05, 0.1) is 22.7 Å². The fraction of sp³-hybridized carbons (Fsp3) is 0.404. The second-order valence-electron chi connectivity index (χ2n) is 16.5. The number of β-amino-alcohol motifs (C(OH)–C–C–N with tert-alkyl or cyclic N) is 1. The van der Waals surface area contributed by atoms with E-state index in [1.807, 2.05) is 89.5 Å². The molecule has 2 bridgehead atoms. The summed E-state index contributed by atoms with van der Waals surface area (Å²) in [5.41, 5.74) is 6.74. The van der Waals surface area contributed by atoms with Gasteiger partial charge in [0.2, 0.25) is 0 Å². The molecule has 7 nitrogen and oxygen atoms in total. The van der Waals surface area contributed by atoms with Gasteiger partial charge in [-0.15, -0.1) is 0 Å². The van der Waals surface area contributed by atoms with E-state index in [-0.39, 0.29) is 23.4 Å². The molecule has 9 rings (SSSR count). The van der Waals surface area contributed by atoms with Crippen LogP contribution in [0.2, 0.25) is 0 Å². The number of para-hydroxylation sites is 2. The molecule has 1 aromatic heterocycles. The van der Waals surface area contributed by atoms with Crippen LogP contribution in [0.3, 0.4) is 0 Å². The molecule has 4 aliphatic rings. The number of aromatic nitrogens is 2. The Morgan fingerprint density at radius 1 is 0.870 bits per heavy atom. The average molecular weight is 724 g/mol. The summed E-state index contributed by atoms with van der Waals surface area (Å²) in [5, 5.41) is 24.1. The van der Waals surface area contributed by atoms with Crippen molar-refractivity contribution in [3.05, 3.63) is 141 Å². The van der Waals surface area contributed by atoms with E-state index >= 15 is 0 Å². The summed E-state index contributed by atoms with van der Waals surface area (Å²) in [6, 6.07) is 32.2. The van der Waals surface area contributed by atoms with Crippen molar-refractivity contribution in [2.24, 2.45) is 5.41 Å². The zero-order valence-electron chi connectivity index (χ0n) is 31.6. The Kier molecular flexibility index (Phi) is 10.1. The first-order chi connectivity index (χ1) is 26.1. The number of carbonyl (C=O) groups excluding carboxylic acids is 1. The van der Waals surface area contributed by atoms with Crippen LogP contribution < -0.4 is 5.69 Å². The summed E-state index contributed by atoms with van der Waals surface area (Å²) in [5.74, 6) is -0.0562. The fourth-order valence-corrected chi connectivity index (χ4v) is 10.0. The second-order valence-corrected chi connectivity index (χ2v) is 16.5. The highest BCUT2D eigenvalue weighted by atomic mass is 16.3. The van der Waals surface area contributed by atoms with Crippen LogP contribution in [0, 0.1) is 5.41 Å². The lowest BCUT2D eigenvalue weighted by Crippen LogP contribution is -2.54. The third-order valence-electron chi connectivity index (χ3n) is 13.2. The first kappa shape index (κ1) is 36.4. The number of nitrogens with one attached hydrogen (secondary N) is 1. The first-order valence-corrected chi connectivity index (χ1v) is 19.9. The van der Waals surface area contributed by atoms with Gasteiger partial charge in [-0.1, -0.05) is 97.4 Å². The molecule has 4 aromatic carbocycles. The van der Waals surface area contributed by atoms with Crippen molar-refractivity contribution in [3.8, 4) is 11.1 Å². The van der Waals surface area contributed by atoms with E-state index < -0.39 is 17.1 Å². The van der Waals surface area contributed by atoms with Crippen molar-refractivity contribution in [3.63, 3.8) is 0 Å². The number of H-pyrrole nitrogens is 1. The SMILES string of the molecule is CC1=CCCC2(C)C(CCC2(O)CN2CCC(n3c(=O)[nH]c4ccccc43)CC2)c2ccc(cc2C(=O)c2ccccc2-c2ccccc2)CC(O)CC1. The summed E-state index contributed by atoms with van der Waals surface area (Å²) in [4.78, 5) is 33.4. The molecular weight excluding hydrogens is 671 g/mol. The molecule has 2 fully saturated rings. The van der Waals surface area contributed by atoms with E-state index in [9.17, 15) is 19.8 Å². The van der Waals surface area contributed by atoms with Crippen LogP contribution in [0.1, 0.15) is 104 Å². The topological polar surface area (TPSA) is 98.6 Å². The number of likely N-dealkylation sites (tertiary alicyclic amines) is 1. The number of allylic oxidation sites excluding steroid dienone is 2. The summed E-state index contributed by atoms with van der Waals surface area (Å²) in [6.07, 6.45) is 8.47. The maximum atomic E-state index is 14.9. The second kappa shape index (κ2) is 14.9. The van der Waals surface area contributed by atoms with Gasteiger partial charge in [-0.05, 0) is 111 Å². The van der Waals surface area contributed by atoms with E-state index in [1.54, 1.807) is 0 Å². The van der Waals surface area contributed by atoms with Crippen molar-refractivity contribution in [2.75, 3.05) is 19.6 Å². The molecule has 1 saturated carbocycles. The molecule has 2 heterocycles. The highest BCUT2D eigenvalue weighted by Gasteiger charge is 2.57. The number of aliphatic hydroxyl groups is 2. The first-order valence-electron chi connectivity index (χ1n) is 19.9. The number of hydrogen-bond donors (Lipinski definition) is 3. The molecule has 7 heteroatoms. The normalized spacial score (nSPS) is 25.7. The number of ketones is 1. The minimum Gasteiger partial charge on any atom is -0.393 e. The molecule has 1 saturated heterocycles. The van der Waals surface area contributed by atoms with E-state index in [0.29, 0.717) is 36.9 Å². The molecule has 0 radical (unpaired) electrons. The van der Waals surface area contributed by atoms with Crippen LogP contribution in [-0.4, -0.2) is 61.8 Å². The highest BCUT2D eigenvalue weighted by molar-refractivity contribution is 6.13. The number of nitrogens with zero attached hydrogens (tertiary/aromatic N) is 2. The van der Waals surface area contributed by atoms with Crippen molar-refractivity contribution in [1.29, 1.82) is 0 Å². The summed E-state index contributed by atoms with van der Waals surface area (Å²) < 4.78 is 1.93. The molecule has 0 spiro atoms. The number of carbonyl (C=O) groups is 1. The Balaban J connectivity index is 1.13. The highest BCUT2D eigenvalue weighted by Crippen LogP contribution is 2.59. The molecule has 3 N–H and O–H groups in total. The fourth-order valence-electron chi connectivity index (χ4n) is 10.0. The van der Waals surface area contributed by atoms with Crippen LogP contribution in [0.5, 0.6) is 0 Å². The van der Waals surface area contributed by atoms with Gasteiger partial charge in [-0.25, -0.2) is 4.79 Å². The molecule has 5 aromatic rings. The molecule has 3 aliphatic carbocycles. The maximum absolute atomic E-state index is 14.9. The predicted octanol–water partition coefficient (Wildman–Crippen LogP) is 8.60. The van der Waals surface area contributed by atoms with E-state index in [2.05, 4.69) is 41.9 Å². The number of benzene rings is 4. The molecule has 1 aliphatic heterocycles.